The number of hydrogen-bond donors (Lipinski definition) is 0. The SMILES string of the molecule is CCCCC(C)C1=CCCCC1. The van der Waals surface area contributed by atoms with Crippen LogP contribution < -0.4 is 0 Å². The minimum absolute atomic E-state index is 0.866. The van der Waals surface area contributed by atoms with Crippen LogP contribution in [0.25, 0.3) is 0 Å². The Hall–Kier alpha value is -0.260. The highest BCUT2D eigenvalue weighted by Crippen LogP contribution is 2.26. The average molecular weight is 166 g/mol. The van der Waals surface area contributed by atoms with Gasteiger partial charge in [0.2, 0.25) is 0 Å². The molecule has 0 aromatic carbocycles. The maximum absolute atomic E-state index is 2.49. The monoisotopic (exact) mass is 166 g/mol. The number of allylic oxidation sites excluding steroid dienone is 2. The van der Waals surface area contributed by atoms with Gasteiger partial charge in [-0.25, -0.2) is 0 Å². The zero-order valence-electron chi connectivity index (χ0n) is 8.60. The second kappa shape index (κ2) is 5.40. The second-order valence-electron chi connectivity index (χ2n) is 4.07. The fourth-order valence-electron chi connectivity index (χ4n) is 2.01. The number of rotatable bonds is 4. The van der Waals surface area contributed by atoms with E-state index in [4.69, 9.17) is 0 Å². The Balaban J connectivity index is 2.29. The maximum Gasteiger partial charge on any atom is -0.0232 e. The first kappa shape index (κ1) is 9.83. The van der Waals surface area contributed by atoms with Gasteiger partial charge in [0.15, 0.2) is 0 Å². The Morgan fingerprint density at radius 2 is 2.25 bits per heavy atom. The van der Waals surface area contributed by atoms with E-state index in [1.807, 2.05) is 0 Å². The Bertz CT molecular complexity index is 144. The molecule has 0 fully saturated rings. The number of hydrogen-bond acceptors (Lipinski definition) is 0. The highest BCUT2D eigenvalue weighted by atomic mass is 14.2. The summed E-state index contributed by atoms with van der Waals surface area (Å²) in [5, 5.41) is 0. The highest BCUT2D eigenvalue weighted by Gasteiger charge is 2.10. The molecule has 0 heterocycles. The van der Waals surface area contributed by atoms with Crippen molar-refractivity contribution in [3.05, 3.63) is 11.6 Å². The summed E-state index contributed by atoms with van der Waals surface area (Å²) >= 11 is 0. The van der Waals surface area contributed by atoms with Crippen LogP contribution in [-0.4, -0.2) is 0 Å². The van der Waals surface area contributed by atoms with Crippen molar-refractivity contribution in [3.63, 3.8) is 0 Å². The summed E-state index contributed by atoms with van der Waals surface area (Å²) in [6, 6.07) is 0. The molecular weight excluding hydrogens is 144 g/mol. The predicted molar refractivity (Wildman–Crippen MR) is 55.2 cm³/mol. The average Bonchev–Trinajstić information content (AvgIpc) is 2.15. The molecule has 0 aromatic rings. The van der Waals surface area contributed by atoms with E-state index < -0.39 is 0 Å². The van der Waals surface area contributed by atoms with Crippen LogP contribution in [0.1, 0.15) is 58.8 Å². The van der Waals surface area contributed by atoms with Gasteiger partial charge in [-0.2, -0.15) is 0 Å². The van der Waals surface area contributed by atoms with E-state index >= 15 is 0 Å². The van der Waals surface area contributed by atoms with Crippen LogP contribution in [0.3, 0.4) is 0 Å². The minimum atomic E-state index is 0.866. The van der Waals surface area contributed by atoms with Gasteiger partial charge in [0.1, 0.15) is 0 Å². The van der Waals surface area contributed by atoms with E-state index in [0.29, 0.717) is 0 Å². The molecule has 0 heteroatoms. The van der Waals surface area contributed by atoms with E-state index in [1.165, 1.54) is 44.9 Å². The highest BCUT2D eigenvalue weighted by molar-refractivity contribution is 5.08. The van der Waals surface area contributed by atoms with Crippen molar-refractivity contribution >= 4 is 0 Å². The summed E-state index contributed by atoms with van der Waals surface area (Å²) in [6.45, 7) is 4.68. The van der Waals surface area contributed by atoms with Gasteiger partial charge in [-0.05, 0) is 38.0 Å². The lowest BCUT2D eigenvalue weighted by Gasteiger charge is -2.19. The maximum atomic E-state index is 2.49. The smallest absolute Gasteiger partial charge is 0.0232 e. The Labute approximate surface area is 77.1 Å². The van der Waals surface area contributed by atoms with Crippen LogP contribution in [0.4, 0.5) is 0 Å². The molecule has 0 radical (unpaired) electrons. The van der Waals surface area contributed by atoms with Crippen LogP contribution in [0.2, 0.25) is 0 Å². The third kappa shape index (κ3) is 3.00. The van der Waals surface area contributed by atoms with Gasteiger partial charge in [0.05, 0.1) is 0 Å². The van der Waals surface area contributed by atoms with Crippen molar-refractivity contribution in [2.24, 2.45) is 5.92 Å². The molecular formula is C12H22. The molecule has 0 aliphatic heterocycles. The van der Waals surface area contributed by atoms with Gasteiger partial charge in [0.25, 0.3) is 0 Å². The Morgan fingerprint density at radius 1 is 1.42 bits per heavy atom. The molecule has 0 saturated heterocycles. The van der Waals surface area contributed by atoms with Gasteiger partial charge in [-0.15, -0.1) is 0 Å². The van der Waals surface area contributed by atoms with Gasteiger partial charge < -0.3 is 0 Å². The molecule has 1 aliphatic carbocycles. The molecule has 0 amide bonds. The lowest BCUT2D eigenvalue weighted by molar-refractivity contribution is 0.528. The number of unbranched alkanes of at least 4 members (excludes halogenated alkanes) is 1. The summed E-state index contributed by atoms with van der Waals surface area (Å²) < 4.78 is 0. The van der Waals surface area contributed by atoms with Crippen molar-refractivity contribution < 1.29 is 0 Å². The first-order valence-corrected chi connectivity index (χ1v) is 5.53. The van der Waals surface area contributed by atoms with Crippen molar-refractivity contribution in [1.82, 2.24) is 0 Å². The normalized spacial score (nSPS) is 20.3. The van der Waals surface area contributed by atoms with E-state index in [9.17, 15) is 0 Å². The topological polar surface area (TPSA) is 0 Å². The van der Waals surface area contributed by atoms with Crippen molar-refractivity contribution in [1.29, 1.82) is 0 Å². The summed E-state index contributed by atoms with van der Waals surface area (Å²) in [7, 11) is 0. The van der Waals surface area contributed by atoms with Gasteiger partial charge in [-0.1, -0.05) is 38.3 Å². The van der Waals surface area contributed by atoms with E-state index in [-0.39, 0.29) is 0 Å². The van der Waals surface area contributed by atoms with Crippen molar-refractivity contribution in [2.45, 2.75) is 58.8 Å². The zero-order chi connectivity index (χ0) is 8.81. The molecule has 0 bridgehead atoms. The lowest BCUT2D eigenvalue weighted by atomic mass is 9.87. The molecule has 0 aromatic heterocycles. The van der Waals surface area contributed by atoms with Gasteiger partial charge in [0, 0.05) is 0 Å². The Morgan fingerprint density at radius 3 is 2.83 bits per heavy atom. The van der Waals surface area contributed by atoms with Crippen molar-refractivity contribution in [3.8, 4) is 0 Å². The third-order valence-corrected chi connectivity index (χ3v) is 2.95. The first-order valence-electron chi connectivity index (χ1n) is 5.53. The lowest BCUT2D eigenvalue weighted by Crippen LogP contribution is -2.02. The van der Waals surface area contributed by atoms with Gasteiger partial charge in [-0.3, -0.25) is 0 Å². The molecule has 0 saturated carbocycles. The fraction of sp³-hybridized carbons (Fsp3) is 0.833. The van der Waals surface area contributed by atoms with E-state index in [0.717, 1.165) is 5.92 Å². The van der Waals surface area contributed by atoms with Crippen LogP contribution in [0, 0.1) is 5.92 Å². The zero-order valence-corrected chi connectivity index (χ0v) is 8.60. The molecule has 1 aliphatic rings. The van der Waals surface area contributed by atoms with Gasteiger partial charge >= 0.3 is 0 Å². The summed E-state index contributed by atoms with van der Waals surface area (Å²) in [6.07, 6.45) is 12.2. The largest absolute Gasteiger partial charge is 0.0851 e. The third-order valence-electron chi connectivity index (χ3n) is 2.95. The van der Waals surface area contributed by atoms with Crippen LogP contribution in [-0.2, 0) is 0 Å². The first-order chi connectivity index (χ1) is 5.84. The molecule has 0 N–H and O–H groups in total. The molecule has 70 valence electrons. The molecule has 1 rings (SSSR count). The summed E-state index contributed by atoms with van der Waals surface area (Å²) in [5.74, 6) is 0.866. The van der Waals surface area contributed by atoms with Crippen LogP contribution in [0.15, 0.2) is 11.6 Å². The van der Waals surface area contributed by atoms with Crippen molar-refractivity contribution in [2.75, 3.05) is 0 Å². The second-order valence-corrected chi connectivity index (χ2v) is 4.07. The van der Waals surface area contributed by atoms with E-state index in [2.05, 4.69) is 19.9 Å². The molecule has 1 unspecified atom stereocenters. The Kier molecular flexibility index (Phi) is 4.42. The fourth-order valence-corrected chi connectivity index (χ4v) is 2.01. The molecule has 0 spiro atoms. The molecule has 1 atom stereocenters. The minimum Gasteiger partial charge on any atom is -0.0851 e. The van der Waals surface area contributed by atoms with Crippen LogP contribution in [0.5, 0.6) is 0 Å². The van der Waals surface area contributed by atoms with E-state index in [1.54, 1.807) is 5.57 Å². The predicted octanol–water partition coefficient (Wildman–Crippen LogP) is 4.31. The summed E-state index contributed by atoms with van der Waals surface area (Å²) in [5.41, 5.74) is 1.75. The molecule has 12 heavy (non-hydrogen) atoms. The standard InChI is InChI=1S/C12H22/c1-3-4-8-11(2)12-9-6-5-7-10-12/h9,11H,3-8,10H2,1-2H3. The molecule has 0 nitrogen and oxygen atoms in total. The quantitative estimate of drug-likeness (QED) is 0.546. The summed E-state index contributed by atoms with van der Waals surface area (Å²) in [4.78, 5) is 0. The van der Waals surface area contributed by atoms with Crippen LogP contribution >= 0.6 is 0 Å².